The van der Waals surface area contributed by atoms with Gasteiger partial charge in [-0.1, -0.05) is 0 Å². The molecule has 1 heterocycles. The van der Waals surface area contributed by atoms with Crippen LogP contribution in [0.5, 0.6) is 5.75 Å². The minimum absolute atomic E-state index is 0.454. The normalized spacial score (nSPS) is 10.1. The van der Waals surface area contributed by atoms with Crippen molar-refractivity contribution >= 4 is 11.6 Å². The third kappa shape index (κ3) is 4.04. The Bertz CT molecular complexity index is 334. The molecule has 0 aromatic carbocycles. The molecule has 0 aliphatic carbocycles. The molecule has 0 aliphatic rings. The Hall–Kier alpha value is -1.60. The molecule has 96 valence electrons. The molecule has 7 heteroatoms. The van der Waals surface area contributed by atoms with Crippen molar-refractivity contribution < 1.29 is 9.47 Å². The first-order valence-corrected chi connectivity index (χ1v) is 5.50. The number of nitrogens with zero attached hydrogens (tertiary/aromatic N) is 2. The van der Waals surface area contributed by atoms with Gasteiger partial charge in [-0.3, -0.25) is 0 Å². The minimum Gasteiger partial charge on any atom is -0.490 e. The summed E-state index contributed by atoms with van der Waals surface area (Å²) in [7, 11) is 1.55. The molecule has 4 N–H and O–H groups in total. The van der Waals surface area contributed by atoms with Crippen LogP contribution in [0.2, 0.25) is 0 Å². The number of hydrogen-bond donors (Lipinski definition) is 3. The van der Waals surface area contributed by atoms with Crippen molar-refractivity contribution in [3.63, 3.8) is 0 Å². The highest BCUT2D eigenvalue weighted by atomic mass is 16.5. The van der Waals surface area contributed by atoms with Crippen LogP contribution in [0.4, 0.5) is 11.6 Å². The van der Waals surface area contributed by atoms with E-state index >= 15 is 0 Å². The fourth-order valence-electron chi connectivity index (χ4n) is 1.32. The fraction of sp³-hybridized carbons (Fsp3) is 0.600. The third-order valence-corrected chi connectivity index (χ3v) is 2.11. The Morgan fingerprint density at radius 1 is 1.35 bits per heavy atom. The monoisotopic (exact) mass is 241 g/mol. The summed E-state index contributed by atoms with van der Waals surface area (Å²) in [6.07, 6.45) is 2.31. The van der Waals surface area contributed by atoms with Crippen LogP contribution in [0.3, 0.4) is 0 Å². The summed E-state index contributed by atoms with van der Waals surface area (Å²) < 4.78 is 10.4. The highest BCUT2D eigenvalue weighted by Crippen LogP contribution is 2.27. The van der Waals surface area contributed by atoms with Gasteiger partial charge in [0.1, 0.15) is 6.33 Å². The smallest absolute Gasteiger partial charge is 0.205 e. The Kier molecular flexibility index (Phi) is 6.05. The molecule has 1 rings (SSSR count). The van der Waals surface area contributed by atoms with E-state index in [-0.39, 0.29) is 0 Å². The molecule has 0 spiro atoms. The zero-order chi connectivity index (χ0) is 12.5. The molecule has 17 heavy (non-hydrogen) atoms. The van der Waals surface area contributed by atoms with Crippen LogP contribution in [-0.4, -0.2) is 36.8 Å². The predicted octanol–water partition coefficient (Wildman–Crippen LogP) is 0.609. The van der Waals surface area contributed by atoms with Crippen LogP contribution < -0.4 is 21.3 Å². The number of hydrogen-bond acceptors (Lipinski definition) is 7. The van der Waals surface area contributed by atoms with Gasteiger partial charge in [0.05, 0.1) is 7.11 Å². The van der Waals surface area contributed by atoms with Crippen LogP contribution >= 0.6 is 0 Å². The highest BCUT2D eigenvalue weighted by molar-refractivity contribution is 5.62. The largest absolute Gasteiger partial charge is 0.490 e. The van der Waals surface area contributed by atoms with Gasteiger partial charge in [-0.2, -0.15) is 0 Å². The molecule has 0 bridgehead atoms. The maximum absolute atomic E-state index is 5.32. The number of ether oxygens (including phenoxy) is 2. The van der Waals surface area contributed by atoms with Gasteiger partial charge >= 0.3 is 0 Å². The van der Waals surface area contributed by atoms with E-state index in [0.717, 1.165) is 26.2 Å². The van der Waals surface area contributed by atoms with Crippen LogP contribution in [0.25, 0.3) is 0 Å². The topological polar surface area (TPSA) is 94.3 Å². The van der Waals surface area contributed by atoms with E-state index in [1.807, 2.05) is 6.92 Å². The standard InChI is InChI=1S/C10H19N5O2/c1-3-17-6-4-5-12-9-8(16-2)10(15-11)14-7-13-9/h7H,3-6,11H2,1-2H3,(H2,12,13,14,15). The van der Waals surface area contributed by atoms with E-state index in [9.17, 15) is 0 Å². The SMILES string of the molecule is CCOCCCNc1ncnc(NN)c1OC. The van der Waals surface area contributed by atoms with Gasteiger partial charge in [-0.25, -0.2) is 15.8 Å². The van der Waals surface area contributed by atoms with Gasteiger partial charge < -0.3 is 20.2 Å². The molecule has 0 radical (unpaired) electrons. The second-order valence-corrected chi connectivity index (χ2v) is 3.23. The minimum atomic E-state index is 0.454. The van der Waals surface area contributed by atoms with Gasteiger partial charge in [0.25, 0.3) is 0 Å². The molecule has 1 aromatic rings. The summed E-state index contributed by atoms with van der Waals surface area (Å²) in [5.41, 5.74) is 2.46. The van der Waals surface area contributed by atoms with E-state index in [1.165, 1.54) is 6.33 Å². The predicted molar refractivity (Wildman–Crippen MR) is 66.0 cm³/mol. The van der Waals surface area contributed by atoms with Gasteiger partial charge in [0.15, 0.2) is 11.6 Å². The third-order valence-electron chi connectivity index (χ3n) is 2.11. The lowest BCUT2D eigenvalue weighted by molar-refractivity contribution is 0.147. The summed E-state index contributed by atoms with van der Waals surface area (Å²) in [4.78, 5) is 8.04. The lowest BCUT2D eigenvalue weighted by Gasteiger charge is -2.12. The average Bonchev–Trinajstić information content (AvgIpc) is 2.38. The number of nitrogens with one attached hydrogen (secondary N) is 2. The fourth-order valence-corrected chi connectivity index (χ4v) is 1.32. The Morgan fingerprint density at radius 3 is 2.76 bits per heavy atom. The van der Waals surface area contributed by atoms with Crippen molar-refractivity contribution in [1.29, 1.82) is 0 Å². The summed E-state index contributed by atoms with van der Waals surface area (Å²) in [5.74, 6) is 6.90. The van der Waals surface area contributed by atoms with Crippen LogP contribution in [0.15, 0.2) is 6.33 Å². The first kappa shape index (κ1) is 13.5. The number of hydrazine groups is 1. The lowest BCUT2D eigenvalue weighted by Crippen LogP contribution is -2.13. The maximum atomic E-state index is 5.32. The first-order valence-electron chi connectivity index (χ1n) is 5.50. The van der Waals surface area contributed by atoms with E-state index in [0.29, 0.717) is 17.4 Å². The quantitative estimate of drug-likeness (QED) is 0.348. The molecule has 0 fully saturated rings. The van der Waals surface area contributed by atoms with E-state index < -0.39 is 0 Å². The number of aromatic nitrogens is 2. The molecule has 0 unspecified atom stereocenters. The van der Waals surface area contributed by atoms with E-state index in [1.54, 1.807) is 7.11 Å². The summed E-state index contributed by atoms with van der Waals surface area (Å²) in [6, 6.07) is 0. The zero-order valence-corrected chi connectivity index (χ0v) is 10.2. The number of nitrogens with two attached hydrogens (primary N) is 1. The molecular formula is C10H19N5O2. The molecular weight excluding hydrogens is 222 g/mol. The van der Waals surface area contributed by atoms with E-state index in [4.69, 9.17) is 15.3 Å². The second-order valence-electron chi connectivity index (χ2n) is 3.23. The Labute approximate surface area is 101 Å². The Morgan fingerprint density at radius 2 is 2.12 bits per heavy atom. The van der Waals surface area contributed by atoms with Gasteiger partial charge in [-0.15, -0.1) is 0 Å². The van der Waals surface area contributed by atoms with Crippen molar-refractivity contribution in [2.45, 2.75) is 13.3 Å². The average molecular weight is 241 g/mol. The first-order chi connectivity index (χ1) is 8.33. The molecule has 0 saturated heterocycles. The van der Waals surface area contributed by atoms with Crippen LogP contribution in [0, 0.1) is 0 Å². The molecule has 7 nitrogen and oxygen atoms in total. The highest BCUT2D eigenvalue weighted by Gasteiger charge is 2.10. The molecule has 0 aliphatic heterocycles. The summed E-state index contributed by atoms with van der Waals surface area (Å²) in [5, 5.41) is 3.15. The van der Waals surface area contributed by atoms with Crippen LogP contribution in [-0.2, 0) is 4.74 Å². The van der Waals surface area contributed by atoms with Crippen molar-refractivity contribution in [1.82, 2.24) is 9.97 Å². The maximum Gasteiger partial charge on any atom is 0.205 e. The van der Waals surface area contributed by atoms with Gasteiger partial charge in [0, 0.05) is 19.8 Å². The number of anilines is 2. The van der Waals surface area contributed by atoms with Crippen molar-refractivity contribution in [3.05, 3.63) is 6.33 Å². The lowest BCUT2D eigenvalue weighted by atomic mass is 10.4. The molecule has 0 amide bonds. The number of methoxy groups -OCH3 is 1. The summed E-state index contributed by atoms with van der Waals surface area (Å²) in [6.45, 7) is 4.18. The number of rotatable bonds is 8. The zero-order valence-electron chi connectivity index (χ0n) is 10.2. The van der Waals surface area contributed by atoms with Gasteiger partial charge in [0.2, 0.25) is 5.75 Å². The van der Waals surface area contributed by atoms with Crippen molar-refractivity contribution in [2.75, 3.05) is 37.6 Å². The van der Waals surface area contributed by atoms with E-state index in [2.05, 4.69) is 20.7 Å². The van der Waals surface area contributed by atoms with Crippen LogP contribution in [0.1, 0.15) is 13.3 Å². The molecule has 0 saturated carbocycles. The summed E-state index contributed by atoms with van der Waals surface area (Å²) >= 11 is 0. The van der Waals surface area contributed by atoms with Crippen molar-refractivity contribution in [2.24, 2.45) is 5.84 Å². The van der Waals surface area contributed by atoms with Crippen molar-refractivity contribution in [3.8, 4) is 5.75 Å². The Balaban J connectivity index is 2.52. The van der Waals surface area contributed by atoms with Gasteiger partial charge in [-0.05, 0) is 13.3 Å². The second kappa shape index (κ2) is 7.64. The number of nitrogen functional groups attached to an aromatic ring is 1. The molecule has 1 aromatic heterocycles. The molecule has 0 atom stereocenters.